The summed E-state index contributed by atoms with van der Waals surface area (Å²) >= 11 is 2.81. The van der Waals surface area contributed by atoms with Crippen LogP contribution in [0.25, 0.3) is 16.2 Å². The summed E-state index contributed by atoms with van der Waals surface area (Å²) in [6, 6.07) is 8.22. The Morgan fingerprint density at radius 2 is 2.02 bits per heavy atom. The molecule has 218 valence electrons. The van der Waals surface area contributed by atoms with E-state index in [2.05, 4.69) is 22.4 Å². The molecule has 2 aliphatic heterocycles. The minimum Gasteiger partial charge on any atom is -0.425 e. The van der Waals surface area contributed by atoms with Crippen LogP contribution in [0.4, 0.5) is 20.1 Å². The first-order valence-electron chi connectivity index (χ1n) is 13.8. The molecule has 2 aliphatic rings. The second-order valence-corrected chi connectivity index (χ2v) is 13.3. The summed E-state index contributed by atoms with van der Waals surface area (Å²) in [5, 5.41) is 19.3. The molecule has 4 aromatic rings. The van der Waals surface area contributed by atoms with Crippen LogP contribution < -0.4 is 10.2 Å². The Balaban J connectivity index is 1.31. The number of halogens is 1. The van der Waals surface area contributed by atoms with Crippen molar-refractivity contribution in [1.82, 2.24) is 29.8 Å². The first-order chi connectivity index (χ1) is 20.1. The Kier molecular flexibility index (Phi) is 7.14. The predicted molar refractivity (Wildman–Crippen MR) is 160 cm³/mol. The van der Waals surface area contributed by atoms with Crippen LogP contribution in [0.3, 0.4) is 0 Å². The number of nitrogens with zero attached hydrogens (tertiary/aromatic N) is 7. The molecule has 0 saturated carbocycles. The van der Waals surface area contributed by atoms with E-state index in [0.29, 0.717) is 34.1 Å². The second-order valence-electron chi connectivity index (χ2n) is 11.4. The van der Waals surface area contributed by atoms with E-state index in [-0.39, 0.29) is 23.5 Å². The number of nitrogens with one attached hydrogen (secondary N) is 1. The van der Waals surface area contributed by atoms with Gasteiger partial charge in [-0.15, -0.1) is 0 Å². The molecule has 0 radical (unpaired) electrons. The average molecular weight is 607 g/mol. The van der Waals surface area contributed by atoms with E-state index >= 15 is 0 Å². The first-order valence-corrected chi connectivity index (χ1v) is 15.4. The minimum atomic E-state index is -0.426. The lowest BCUT2D eigenvalue weighted by Crippen LogP contribution is -2.44. The van der Waals surface area contributed by atoms with Gasteiger partial charge in [0.05, 0.1) is 11.6 Å². The molecule has 5 heterocycles. The quantitative estimate of drug-likeness (QED) is 0.277. The monoisotopic (exact) mass is 606 g/mol. The van der Waals surface area contributed by atoms with Gasteiger partial charge in [0.25, 0.3) is 0 Å². The van der Waals surface area contributed by atoms with Crippen molar-refractivity contribution in [2.75, 3.05) is 18.5 Å². The number of aromatic nitrogens is 4. The van der Waals surface area contributed by atoms with E-state index < -0.39 is 6.09 Å². The lowest BCUT2D eigenvalue weighted by Gasteiger charge is -2.26. The third-order valence-electron chi connectivity index (χ3n) is 7.25. The fourth-order valence-corrected chi connectivity index (χ4v) is 7.32. The van der Waals surface area contributed by atoms with Crippen LogP contribution in [0, 0.1) is 17.1 Å². The highest BCUT2D eigenvalue weighted by Gasteiger charge is 2.43. The maximum absolute atomic E-state index is 13.5. The number of rotatable bonds is 6. The van der Waals surface area contributed by atoms with Crippen LogP contribution in [0.5, 0.6) is 0 Å². The van der Waals surface area contributed by atoms with E-state index in [1.54, 1.807) is 12.1 Å². The number of benzene rings is 1. The van der Waals surface area contributed by atoms with Gasteiger partial charge in [-0.1, -0.05) is 35.7 Å². The van der Waals surface area contributed by atoms with Gasteiger partial charge in [-0.25, -0.2) is 19.2 Å². The number of thiazole rings is 1. The van der Waals surface area contributed by atoms with Crippen molar-refractivity contribution >= 4 is 44.7 Å². The maximum atomic E-state index is 13.5. The van der Waals surface area contributed by atoms with Crippen LogP contribution in [0.2, 0.25) is 0 Å². The molecule has 1 amide bonds. The number of carbonyl (C=O) groups is 1. The highest BCUT2D eigenvalue weighted by atomic mass is 32.1. The van der Waals surface area contributed by atoms with Crippen molar-refractivity contribution in [2.24, 2.45) is 0 Å². The number of aryl methyl sites for hydroxylation is 1. The van der Waals surface area contributed by atoms with Gasteiger partial charge in [-0.2, -0.15) is 14.9 Å². The van der Waals surface area contributed by atoms with E-state index in [9.17, 15) is 14.4 Å². The Labute approximate surface area is 251 Å². The third-order valence-corrected chi connectivity index (χ3v) is 9.31. The van der Waals surface area contributed by atoms with Crippen LogP contribution in [-0.4, -0.2) is 55.9 Å². The highest BCUT2D eigenvalue weighted by Crippen LogP contribution is 2.46. The molecule has 0 aliphatic carbocycles. The van der Waals surface area contributed by atoms with E-state index in [0.717, 1.165) is 40.1 Å². The van der Waals surface area contributed by atoms with Crippen molar-refractivity contribution in [3.8, 4) is 17.3 Å². The van der Waals surface area contributed by atoms with Gasteiger partial charge in [0.1, 0.15) is 27.5 Å². The summed E-state index contributed by atoms with van der Waals surface area (Å²) in [6.07, 6.45) is 3.62. The lowest BCUT2D eigenvalue weighted by molar-refractivity contribution is 0.0239. The number of amides is 1. The Hall–Kier alpha value is -4.02. The molecule has 10 nitrogen and oxygen atoms in total. The Morgan fingerprint density at radius 1 is 1.26 bits per heavy atom. The molecule has 2 unspecified atom stereocenters. The minimum absolute atomic E-state index is 0.00926. The van der Waals surface area contributed by atoms with Crippen LogP contribution in [0.15, 0.2) is 36.0 Å². The van der Waals surface area contributed by atoms with Crippen LogP contribution >= 0.6 is 22.7 Å². The van der Waals surface area contributed by atoms with E-state index in [1.165, 1.54) is 34.8 Å². The summed E-state index contributed by atoms with van der Waals surface area (Å²) in [5.41, 5.74) is 2.81. The zero-order chi connectivity index (χ0) is 29.8. The fraction of sp³-hybridized carbons (Fsp3) is 0.414. The van der Waals surface area contributed by atoms with Gasteiger partial charge in [0.15, 0.2) is 17.2 Å². The molecule has 0 spiro atoms. The van der Waals surface area contributed by atoms with E-state index in [4.69, 9.17) is 19.8 Å². The van der Waals surface area contributed by atoms with Gasteiger partial charge >= 0.3 is 6.09 Å². The molecule has 3 aromatic heterocycles. The number of allylic oxidation sites excluding steroid dienone is 1. The van der Waals surface area contributed by atoms with Gasteiger partial charge in [0.2, 0.25) is 4.96 Å². The molecule has 2 atom stereocenters. The molecule has 1 aromatic carbocycles. The third kappa shape index (κ3) is 5.09. The molecule has 1 saturated heterocycles. The summed E-state index contributed by atoms with van der Waals surface area (Å²) in [7, 11) is 1.89. The molecule has 6 rings (SSSR count). The Morgan fingerprint density at radius 3 is 2.71 bits per heavy atom. The van der Waals surface area contributed by atoms with Crippen molar-refractivity contribution in [1.29, 1.82) is 5.26 Å². The molecular weight excluding hydrogens is 576 g/mol. The molecule has 1 N–H and O–H groups in total. The van der Waals surface area contributed by atoms with Gasteiger partial charge in [0, 0.05) is 36.8 Å². The van der Waals surface area contributed by atoms with Crippen LogP contribution in [-0.2, 0) is 11.2 Å². The normalized spacial score (nSPS) is 18.2. The summed E-state index contributed by atoms with van der Waals surface area (Å²) in [4.78, 5) is 27.5. The number of imidazole rings is 1. The highest BCUT2D eigenvalue weighted by molar-refractivity contribution is 7.17. The lowest BCUT2D eigenvalue weighted by atomic mass is 10.1. The van der Waals surface area contributed by atoms with Crippen molar-refractivity contribution in [2.45, 2.75) is 64.6 Å². The number of ether oxygens (including phenoxy) is 1. The molecular formula is C29H31FN8O2S2. The summed E-state index contributed by atoms with van der Waals surface area (Å²) < 4.78 is 21.2. The Bertz CT molecular complexity index is 1730. The van der Waals surface area contributed by atoms with Gasteiger partial charge in [-0.05, 0) is 57.9 Å². The summed E-state index contributed by atoms with van der Waals surface area (Å²) in [6.45, 7) is 8.62. The van der Waals surface area contributed by atoms with Crippen molar-refractivity contribution in [3.63, 3.8) is 0 Å². The number of hydrogen-bond donors (Lipinski definition) is 1. The number of alkyl carbamates (subject to hydrolysis) is 1. The average Bonchev–Trinajstić information content (AvgIpc) is 3.74. The number of fused-ring (bicyclic) bond motifs is 2. The maximum Gasteiger partial charge on any atom is 0.409 e. The number of carbonyl (C=O) groups excluding carboxylic acids is 1. The van der Waals surface area contributed by atoms with Crippen molar-refractivity contribution < 1.29 is 13.9 Å². The smallest absolute Gasteiger partial charge is 0.409 e. The van der Waals surface area contributed by atoms with Crippen molar-refractivity contribution in [3.05, 3.63) is 57.4 Å². The summed E-state index contributed by atoms with van der Waals surface area (Å²) in [5.74, 6) is 0.430. The molecule has 13 heteroatoms. The number of nitriles is 1. The van der Waals surface area contributed by atoms with Gasteiger partial charge in [-0.3, -0.25) is 0 Å². The number of hydrogen-bond acceptors (Lipinski definition) is 10. The predicted octanol–water partition coefficient (Wildman–Crippen LogP) is 6.18. The number of anilines is 2. The largest absolute Gasteiger partial charge is 0.425 e. The SMILES string of the molecule is CCc1nc2sc(C3CC(OC(=O)NC(C)(C)C)N4CCC=C34)nn2c1N(C)c1nc(-c2ccc(F)cc2)c(C#N)s1. The zero-order valence-electron chi connectivity index (χ0n) is 24.0. The first kappa shape index (κ1) is 28.1. The zero-order valence-corrected chi connectivity index (χ0v) is 25.6. The molecule has 0 bridgehead atoms. The van der Waals surface area contributed by atoms with E-state index in [1.807, 2.05) is 44.2 Å². The van der Waals surface area contributed by atoms with Crippen LogP contribution in [0.1, 0.15) is 62.0 Å². The molecule has 42 heavy (non-hydrogen) atoms. The standard InChI is InChI=1S/C29H31FN8O2S2/c1-6-19-25(36(5)26-33-23(21(15-31)41-26)16-9-11-17(30)12-10-16)38-27(32-19)42-24(35-38)18-14-22(37-13-7-8-20(18)37)40-28(39)34-29(2,3)4/h8-12,18,22H,6-7,13-14H2,1-5H3,(H,34,39). The molecule has 1 fully saturated rings. The fourth-order valence-electron chi connectivity index (χ4n) is 5.43. The second kappa shape index (κ2) is 10.7. The van der Waals surface area contributed by atoms with Gasteiger partial charge < -0.3 is 19.9 Å². The topological polar surface area (TPSA) is 112 Å².